The molecule has 1 aliphatic rings. The summed E-state index contributed by atoms with van der Waals surface area (Å²) in [5.74, 6) is -2.24. The van der Waals surface area contributed by atoms with Crippen LogP contribution in [0.1, 0.15) is 53.7 Å². The van der Waals surface area contributed by atoms with Crippen LogP contribution >= 0.6 is 23.2 Å². The predicted octanol–water partition coefficient (Wildman–Crippen LogP) is 6.65. The van der Waals surface area contributed by atoms with Crippen LogP contribution in [0.4, 0.5) is 13.2 Å². The smallest absolute Gasteiger partial charge is 0.346 e. The van der Waals surface area contributed by atoms with E-state index in [2.05, 4.69) is 5.32 Å². The average molecular weight is 497 g/mol. The first-order valence-corrected chi connectivity index (χ1v) is 11.4. The first-order valence-electron chi connectivity index (χ1n) is 10.6. The molecule has 1 amide bonds. The van der Waals surface area contributed by atoms with Gasteiger partial charge in [-0.1, -0.05) is 54.6 Å². The lowest BCUT2D eigenvalue weighted by Crippen LogP contribution is -2.40. The summed E-state index contributed by atoms with van der Waals surface area (Å²) in [5, 5.41) is 3.24. The third-order valence-electron chi connectivity index (χ3n) is 5.92. The fourth-order valence-electron chi connectivity index (χ4n) is 4.40. The normalized spacial score (nSPS) is 15.1. The minimum atomic E-state index is -4.88. The van der Waals surface area contributed by atoms with E-state index in [1.165, 1.54) is 18.2 Å². The van der Waals surface area contributed by atoms with Crippen LogP contribution in [-0.4, -0.2) is 22.3 Å². The van der Waals surface area contributed by atoms with Crippen molar-refractivity contribution in [2.45, 2.75) is 50.9 Å². The van der Waals surface area contributed by atoms with Crippen LogP contribution in [0, 0.1) is 0 Å². The van der Waals surface area contributed by atoms with Gasteiger partial charge in [-0.15, -0.1) is 0 Å². The van der Waals surface area contributed by atoms with Gasteiger partial charge in [-0.2, -0.15) is 13.2 Å². The number of alkyl halides is 3. The number of carbonyl (C=O) groups is 2. The first-order chi connectivity index (χ1) is 15.6. The molecule has 1 saturated carbocycles. The van der Waals surface area contributed by atoms with Gasteiger partial charge in [0.05, 0.1) is 5.56 Å². The van der Waals surface area contributed by atoms with Crippen molar-refractivity contribution in [2.75, 3.05) is 0 Å². The molecule has 1 heterocycles. The SMILES string of the molecule is O=C(NC1CCCCC1)C(=O)c1c(C(F)(F)F)n(Cc2ccc(Cl)cc2)c2ccc(Cl)cc12. The summed E-state index contributed by atoms with van der Waals surface area (Å²) in [7, 11) is 0. The van der Waals surface area contributed by atoms with Gasteiger partial charge >= 0.3 is 6.18 Å². The molecule has 1 fully saturated rings. The number of hydrogen-bond acceptors (Lipinski definition) is 2. The molecule has 3 aromatic rings. The molecule has 0 unspecified atom stereocenters. The van der Waals surface area contributed by atoms with Crippen molar-refractivity contribution in [1.82, 2.24) is 9.88 Å². The van der Waals surface area contributed by atoms with Gasteiger partial charge in [0.15, 0.2) is 0 Å². The molecule has 0 radical (unpaired) electrons. The summed E-state index contributed by atoms with van der Waals surface area (Å²) in [6.07, 6.45) is -0.625. The summed E-state index contributed by atoms with van der Waals surface area (Å²) in [4.78, 5) is 25.9. The molecule has 1 N–H and O–H groups in total. The maximum atomic E-state index is 14.3. The van der Waals surface area contributed by atoms with Crippen molar-refractivity contribution in [3.8, 4) is 0 Å². The maximum absolute atomic E-state index is 14.3. The Balaban J connectivity index is 1.83. The van der Waals surface area contributed by atoms with Crippen LogP contribution < -0.4 is 5.32 Å². The van der Waals surface area contributed by atoms with E-state index in [9.17, 15) is 22.8 Å². The molecule has 2 aromatic carbocycles. The molecule has 1 aliphatic carbocycles. The molecule has 174 valence electrons. The Morgan fingerprint density at radius 3 is 2.24 bits per heavy atom. The molecule has 9 heteroatoms. The molecule has 33 heavy (non-hydrogen) atoms. The Morgan fingerprint density at radius 1 is 0.970 bits per heavy atom. The maximum Gasteiger partial charge on any atom is 0.432 e. The second kappa shape index (κ2) is 9.39. The zero-order valence-electron chi connectivity index (χ0n) is 17.5. The van der Waals surface area contributed by atoms with E-state index in [0.717, 1.165) is 23.8 Å². The number of fused-ring (bicyclic) bond motifs is 1. The van der Waals surface area contributed by atoms with Crippen LogP contribution in [0.25, 0.3) is 10.9 Å². The number of rotatable bonds is 5. The summed E-state index contributed by atoms with van der Waals surface area (Å²) < 4.78 is 44.0. The number of ketones is 1. The second-order valence-electron chi connectivity index (χ2n) is 8.23. The van der Waals surface area contributed by atoms with E-state index in [1.54, 1.807) is 24.3 Å². The lowest BCUT2D eigenvalue weighted by molar-refractivity contribution is -0.143. The number of Topliss-reactive ketones (excluding diaryl/α,β-unsaturated/α-hetero) is 1. The van der Waals surface area contributed by atoms with Gasteiger partial charge in [0.1, 0.15) is 5.69 Å². The van der Waals surface area contributed by atoms with E-state index < -0.39 is 29.1 Å². The number of benzene rings is 2. The Hall–Kier alpha value is -2.51. The first kappa shape index (κ1) is 23.6. The molecule has 0 bridgehead atoms. The average Bonchev–Trinajstić information content (AvgIpc) is 3.09. The molecule has 0 saturated heterocycles. The van der Waals surface area contributed by atoms with Crippen molar-refractivity contribution >= 4 is 45.8 Å². The summed E-state index contributed by atoms with van der Waals surface area (Å²) in [5.41, 5.74) is -1.13. The fraction of sp³-hybridized carbons (Fsp3) is 0.333. The Kier molecular flexibility index (Phi) is 6.73. The largest absolute Gasteiger partial charge is 0.432 e. The standard InChI is InChI=1S/C24H21Cl2F3N2O2/c25-15-8-6-14(7-9-15)13-31-19-11-10-16(26)12-18(19)20(22(31)24(27,28)29)21(32)23(33)30-17-4-2-1-3-5-17/h6-12,17H,1-5,13H2,(H,30,33). The van der Waals surface area contributed by atoms with Crippen molar-refractivity contribution in [1.29, 1.82) is 0 Å². The van der Waals surface area contributed by atoms with Gasteiger partial charge in [0.25, 0.3) is 11.7 Å². The van der Waals surface area contributed by atoms with Gasteiger partial charge in [0, 0.05) is 33.5 Å². The lowest BCUT2D eigenvalue weighted by atomic mass is 9.95. The molecule has 0 spiro atoms. The minimum Gasteiger partial charge on any atom is -0.346 e. The Labute approximate surface area is 198 Å². The molecule has 0 aliphatic heterocycles. The number of nitrogens with zero attached hydrogens (tertiary/aromatic N) is 1. The molecule has 1 aromatic heterocycles. The zero-order valence-corrected chi connectivity index (χ0v) is 19.0. The molecule has 0 atom stereocenters. The molecule has 4 nitrogen and oxygen atoms in total. The molecule has 4 rings (SSSR count). The fourth-order valence-corrected chi connectivity index (χ4v) is 4.70. The highest BCUT2D eigenvalue weighted by molar-refractivity contribution is 6.45. The van der Waals surface area contributed by atoms with Crippen LogP contribution in [0.5, 0.6) is 0 Å². The summed E-state index contributed by atoms with van der Waals surface area (Å²) >= 11 is 12.0. The van der Waals surface area contributed by atoms with Gasteiger partial charge in [-0.25, -0.2) is 0 Å². The van der Waals surface area contributed by atoms with Crippen molar-refractivity contribution in [2.24, 2.45) is 0 Å². The third kappa shape index (κ3) is 5.04. The predicted molar refractivity (Wildman–Crippen MR) is 122 cm³/mol. The van der Waals surface area contributed by atoms with Crippen LogP contribution in [0.3, 0.4) is 0 Å². The number of carbonyl (C=O) groups excluding carboxylic acids is 2. The minimum absolute atomic E-state index is 0.00687. The zero-order chi connectivity index (χ0) is 23.8. The number of hydrogen-bond donors (Lipinski definition) is 1. The number of aromatic nitrogens is 1. The monoisotopic (exact) mass is 496 g/mol. The summed E-state index contributed by atoms with van der Waals surface area (Å²) in [6.45, 7) is -0.165. The molecular weight excluding hydrogens is 476 g/mol. The number of amides is 1. The highest BCUT2D eigenvalue weighted by Gasteiger charge is 2.42. The van der Waals surface area contributed by atoms with Crippen molar-refractivity contribution in [3.63, 3.8) is 0 Å². The van der Waals surface area contributed by atoms with E-state index >= 15 is 0 Å². The topological polar surface area (TPSA) is 51.1 Å². The van der Waals surface area contributed by atoms with E-state index in [-0.39, 0.29) is 28.5 Å². The van der Waals surface area contributed by atoms with Gasteiger partial charge in [-0.3, -0.25) is 9.59 Å². The number of nitrogens with one attached hydrogen (secondary N) is 1. The van der Waals surface area contributed by atoms with E-state index in [0.29, 0.717) is 23.4 Å². The van der Waals surface area contributed by atoms with Crippen LogP contribution in [0.2, 0.25) is 10.0 Å². The van der Waals surface area contributed by atoms with Gasteiger partial charge in [-0.05, 0) is 48.7 Å². The van der Waals surface area contributed by atoms with Gasteiger partial charge < -0.3 is 9.88 Å². The van der Waals surface area contributed by atoms with Crippen molar-refractivity contribution < 1.29 is 22.8 Å². The highest BCUT2D eigenvalue weighted by Crippen LogP contribution is 2.40. The lowest BCUT2D eigenvalue weighted by Gasteiger charge is -2.22. The summed E-state index contributed by atoms with van der Waals surface area (Å²) in [6, 6.07) is 10.4. The quantitative estimate of drug-likeness (QED) is 0.317. The van der Waals surface area contributed by atoms with Crippen LogP contribution in [0.15, 0.2) is 42.5 Å². The third-order valence-corrected chi connectivity index (χ3v) is 6.41. The number of halogens is 5. The van der Waals surface area contributed by atoms with E-state index in [4.69, 9.17) is 23.2 Å². The second-order valence-corrected chi connectivity index (χ2v) is 9.11. The molecular formula is C24H21Cl2F3N2O2. The Morgan fingerprint density at radius 2 is 1.61 bits per heavy atom. The van der Waals surface area contributed by atoms with Crippen LogP contribution in [-0.2, 0) is 17.5 Å². The highest BCUT2D eigenvalue weighted by atomic mass is 35.5. The van der Waals surface area contributed by atoms with Crippen molar-refractivity contribution in [3.05, 3.63) is 69.3 Å². The van der Waals surface area contributed by atoms with Gasteiger partial charge in [0.2, 0.25) is 0 Å². The Bertz CT molecular complexity index is 1200. The van der Waals surface area contributed by atoms with E-state index in [1.807, 2.05) is 0 Å².